The summed E-state index contributed by atoms with van der Waals surface area (Å²) in [6.45, 7) is 5.65. The molecule has 1 unspecified atom stereocenters. The molecule has 1 aromatic rings. The molecule has 1 N–H and O–H groups in total. The lowest BCUT2D eigenvalue weighted by Gasteiger charge is -2.15. The fourth-order valence-corrected chi connectivity index (χ4v) is 1.82. The summed E-state index contributed by atoms with van der Waals surface area (Å²) in [7, 11) is 0. The molecule has 0 spiro atoms. The summed E-state index contributed by atoms with van der Waals surface area (Å²) in [6.07, 6.45) is 0.310. The summed E-state index contributed by atoms with van der Waals surface area (Å²) in [4.78, 5) is 0. The standard InChI is InChI=1S/C13H17BrN2O/c1-3-12(8-15)17-13-6-5-11(14)7-10(13)9-16-4-2/h5-7,12,16H,3-4,9H2,1-2H3. The van der Waals surface area contributed by atoms with Gasteiger partial charge < -0.3 is 10.1 Å². The highest BCUT2D eigenvalue weighted by molar-refractivity contribution is 9.10. The van der Waals surface area contributed by atoms with E-state index >= 15 is 0 Å². The van der Waals surface area contributed by atoms with Crippen LogP contribution in [0.1, 0.15) is 25.8 Å². The summed E-state index contributed by atoms with van der Waals surface area (Å²) in [5.74, 6) is 0.780. The first-order valence-electron chi connectivity index (χ1n) is 5.76. The van der Waals surface area contributed by atoms with Crippen molar-refractivity contribution in [2.24, 2.45) is 0 Å². The molecule has 0 fully saturated rings. The molecule has 0 bridgehead atoms. The molecule has 4 heteroatoms. The first kappa shape index (κ1) is 14.0. The Morgan fingerprint density at radius 1 is 1.47 bits per heavy atom. The van der Waals surface area contributed by atoms with Gasteiger partial charge in [-0.25, -0.2) is 0 Å². The molecule has 0 aliphatic rings. The molecule has 0 aliphatic carbocycles. The Balaban J connectivity index is 2.86. The molecule has 92 valence electrons. The normalized spacial score (nSPS) is 11.9. The molecule has 3 nitrogen and oxygen atoms in total. The van der Waals surface area contributed by atoms with Crippen LogP contribution >= 0.6 is 15.9 Å². The minimum atomic E-state index is -0.378. The van der Waals surface area contributed by atoms with Gasteiger partial charge in [-0.2, -0.15) is 5.26 Å². The van der Waals surface area contributed by atoms with Crippen molar-refractivity contribution < 1.29 is 4.74 Å². The Kier molecular flexibility index (Phi) is 6.03. The predicted molar refractivity (Wildman–Crippen MR) is 71.8 cm³/mol. The topological polar surface area (TPSA) is 45.0 Å². The van der Waals surface area contributed by atoms with Crippen LogP contribution in [0.3, 0.4) is 0 Å². The lowest BCUT2D eigenvalue weighted by Crippen LogP contribution is -2.16. The second-order valence-corrected chi connectivity index (χ2v) is 4.59. The summed E-state index contributed by atoms with van der Waals surface area (Å²) >= 11 is 3.44. The quantitative estimate of drug-likeness (QED) is 0.876. The molecule has 0 aliphatic heterocycles. The van der Waals surface area contributed by atoms with Gasteiger partial charge in [0.1, 0.15) is 11.8 Å². The molecule has 0 saturated carbocycles. The van der Waals surface area contributed by atoms with Gasteiger partial charge in [0.2, 0.25) is 0 Å². The molecule has 0 aromatic heterocycles. The number of nitrogens with zero attached hydrogens (tertiary/aromatic N) is 1. The Hall–Kier alpha value is -1.05. The predicted octanol–water partition coefficient (Wildman–Crippen LogP) is 3.24. The van der Waals surface area contributed by atoms with E-state index in [0.717, 1.165) is 28.9 Å². The number of benzene rings is 1. The van der Waals surface area contributed by atoms with Gasteiger partial charge >= 0.3 is 0 Å². The SMILES string of the molecule is CCNCc1cc(Br)ccc1OC(C#N)CC. The van der Waals surface area contributed by atoms with E-state index in [9.17, 15) is 0 Å². The smallest absolute Gasteiger partial charge is 0.184 e. The molecule has 1 aromatic carbocycles. The van der Waals surface area contributed by atoms with Gasteiger partial charge in [0, 0.05) is 16.6 Å². The van der Waals surface area contributed by atoms with Crippen LogP contribution in [0.4, 0.5) is 0 Å². The van der Waals surface area contributed by atoms with Crippen molar-refractivity contribution >= 4 is 15.9 Å². The monoisotopic (exact) mass is 296 g/mol. The van der Waals surface area contributed by atoms with E-state index in [1.165, 1.54) is 0 Å². The Morgan fingerprint density at radius 2 is 2.24 bits per heavy atom. The largest absolute Gasteiger partial charge is 0.475 e. The zero-order valence-electron chi connectivity index (χ0n) is 10.2. The Bertz CT molecular complexity index is 401. The third-order valence-electron chi connectivity index (χ3n) is 2.37. The van der Waals surface area contributed by atoms with E-state index in [1.54, 1.807) is 0 Å². The zero-order valence-corrected chi connectivity index (χ0v) is 11.8. The number of rotatable bonds is 6. The van der Waals surface area contributed by atoms with E-state index in [-0.39, 0.29) is 6.10 Å². The van der Waals surface area contributed by atoms with Crippen LogP contribution in [0.25, 0.3) is 0 Å². The van der Waals surface area contributed by atoms with Crippen molar-refractivity contribution in [2.45, 2.75) is 32.9 Å². The van der Waals surface area contributed by atoms with Gasteiger partial charge in [-0.05, 0) is 31.2 Å². The molecule has 0 saturated heterocycles. The number of nitrogens with one attached hydrogen (secondary N) is 1. The molecule has 0 amide bonds. The van der Waals surface area contributed by atoms with E-state index in [1.807, 2.05) is 25.1 Å². The van der Waals surface area contributed by atoms with Crippen molar-refractivity contribution in [2.75, 3.05) is 6.54 Å². The molecule has 1 rings (SSSR count). The number of ether oxygens (including phenoxy) is 1. The van der Waals surface area contributed by atoms with E-state index in [4.69, 9.17) is 10.00 Å². The highest BCUT2D eigenvalue weighted by Crippen LogP contribution is 2.24. The van der Waals surface area contributed by atoms with Gasteiger partial charge in [0.25, 0.3) is 0 Å². The molecule has 1 atom stereocenters. The maximum Gasteiger partial charge on any atom is 0.184 e. The van der Waals surface area contributed by atoms with Gasteiger partial charge in [-0.15, -0.1) is 0 Å². The van der Waals surface area contributed by atoms with E-state index in [2.05, 4.69) is 34.2 Å². The van der Waals surface area contributed by atoms with Gasteiger partial charge in [-0.3, -0.25) is 0 Å². The van der Waals surface area contributed by atoms with Crippen molar-refractivity contribution in [3.63, 3.8) is 0 Å². The minimum Gasteiger partial charge on any atom is -0.475 e. The van der Waals surface area contributed by atoms with Crippen molar-refractivity contribution in [1.29, 1.82) is 5.26 Å². The number of hydrogen-bond donors (Lipinski definition) is 1. The van der Waals surface area contributed by atoms with Crippen LogP contribution in [-0.2, 0) is 6.54 Å². The highest BCUT2D eigenvalue weighted by Gasteiger charge is 2.10. The van der Waals surface area contributed by atoms with Gasteiger partial charge in [0.15, 0.2) is 6.10 Å². The van der Waals surface area contributed by atoms with Crippen LogP contribution in [0, 0.1) is 11.3 Å². The number of hydrogen-bond acceptors (Lipinski definition) is 3. The van der Waals surface area contributed by atoms with Gasteiger partial charge in [0.05, 0.1) is 0 Å². The summed E-state index contributed by atoms with van der Waals surface area (Å²) < 4.78 is 6.69. The van der Waals surface area contributed by atoms with Crippen molar-refractivity contribution in [3.8, 4) is 11.8 Å². The van der Waals surface area contributed by atoms with Crippen LogP contribution in [0.15, 0.2) is 22.7 Å². The molecule has 0 heterocycles. The summed E-state index contributed by atoms with van der Waals surface area (Å²) in [5.41, 5.74) is 1.06. The summed E-state index contributed by atoms with van der Waals surface area (Å²) in [5, 5.41) is 12.2. The average Bonchev–Trinajstić information content (AvgIpc) is 2.35. The first-order chi connectivity index (χ1) is 8.21. The van der Waals surface area contributed by atoms with Crippen LogP contribution < -0.4 is 10.1 Å². The third kappa shape index (κ3) is 4.37. The summed E-state index contributed by atoms with van der Waals surface area (Å²) in [6, 6.07) is 7.98. The van der Waals surface area contributed by atoms with Crippen LogP contribution in [-0.4, -0.2) is 12.6 Å². The maximum absolute atomic E-state index is 8.91. The molecular weight excluding hydrogens is 280 g/mol. The first-order valence-corrected chi connectivity index (χ1v) is 6.56. The third-order valence-corrected chi connectivity index (χ3v) is 2.87. The van der Waals surface area contributed by atoms with Crippen LogP contribution in [0.5, 0.6) is 5.75 Å². The number of nitriles is 1. The molecule has 0 radical (unpaired) electrons. The fraction of sp³-hybridized carbons (Fsp3) is 0.462. The minimum absolute atomic E-state index is 0.378. The molecular formula is C13H17BrN2O. The Labute approximate surface area is 111 Å². The van der Waals surface area contributed by atoms with Gasteiger partial charge in [-0.1, -0.05) is 29.8 Å². The lowest BCUT2D eigenvalue weighted by molar-refractivity contribution is 0.249. The van der Waals surface area contributed by atoms with E-state index < -0.39 is 0 Å². The lowest BCUT2D eigenvalue weighted by atomic mass is 10.2. The fourth-order valence-electron chi connectivity index (χ4n) is 1.42. The maximum atomic E-state index is 8.91. The Morgan fingerprint density at radius 3 is 2.82 bits per heavy atom. The van der Waals surface area contributed by atoms with Crippen molar-refractivity contribution in [3.05, 3.63) is 28.2 Å². The second-order valence-electron chi connectivity index (χ2n) is 3.68. The van der Waals surface area contributed by atoms with Crippen LogP contribution in [0.2, 0.25) is 0 Å². The van der Waals surface area contributed by atoms with E-state index in [0.29, 0.717) is 6.42 Å². The second kappa shape index (κ2) is 7.31. The number of halogens is 1. The average molecular weight is 297 g/mol. The zero-order chi connectivity index (χ0) is 12.7. The van der Waals surface area contributed by atoms with Crippen molar-refractivity contribution in [1.82, 2.24) is 5.32 Å². The molecule has 17 heavy (non-hydrogen) atoms. The highest BCUT2D eigenvalue weighted by atomic mass is 79.9.